The van der Waals surface area contributed by atoms with Gasteiger partial charge in [-0.05, 0) is 46.8 Å². The largest absolute Gasteiger partial charge is 0.356 e. The Bertz CT molecular complexity index is 357. The summed E-state index contributed by atoms with van der Waals surface area (Å²) in [5, 5.41) is 0.279. The Morgan fingerprint density at radius 1 is 1.44 bits per heavy atom. The number of aromatic nitrogens is 2. The number of hydrogen-bond donors (Lipinski definition) is 0. The fourth-order valence-electron chi connectivity index (χ4n) is 1.63. The van der Waals surface area contributed by atoms with Crippen LogP contribution in [0, 0.1) is 5.92 Å². The van der Waals surface area contributed by atoms with Crippen LogP contribution in [0.3, 0.4) is 0 Å². The van der Waals surface area contributed by atoms with Gasteiger partial charge in [-0.15, -0.1) is 0 Å². The zero-order valence-electron chi connectivity index (χ0n) is 10.0. The van der Waals surface area contributed by atoms with Crippen molar-refractivity contribution >= 4 is 33.3 Å². The van der Waals surface area contributed by atoms with E-state index in [2.05, 4.69) is 51.6 Å². The molecular weight excluding hydrogens is 289 g/mol. The SMILES string of the molecule is CC(C)CC(C)N(C)c1nc(Cl)ncc1Br. The second kappa shape index (κ2) is 5.82. The van der Waals surface area contributed by atoms with Crippen molar-refractivity contribution in [2.45, 2.75) is 33.2 Å². The van der Waals surface area contributed by atoms with Crippen LogP contribution in [-0.4, -0.2) is 23.1 Å². The average molecular weight is 307 g/mol. The lowest BCUT2D eigenvalue weighted by Crippen LogP contribution is -2.31. The van der Waals surface area contributed by atoms with Crippen LogP contribution in [0.4, 0.5) is 5.82 Å². The second-order valence-electron chi connectivity index (χ2n) is 4.40. The smallest absolute Gasteiger partial charge is 0.224 e. The van der Waals surface area contributed by atoms with Crippen LogP contribution in [0.5, 0.6) is 0 Å². The minimum Gasteiger partial charge on any atom is -0.356 e. The zero-order chi connectivity index (χ0) is 12.3. The van der Waals surface area contributed by atoms with E-state index in [1.807, 2.05) is 7.05 Å². The summed E-state index contributed by atoms with van der Waals surface area (Å²) >= 11 is 9.24. The van der Waals surface area contributed by atoms with Gasteiger partial charge in [0.2, 0.25) is 5.28 Å². The third-order valence-electron chi connectivity index (χ3n) is 2.50. The van der Waals surface area contributed by atoms with Crippen LogP contribution < -0.4 is 4.90 Å². The van der Waals surface area contributed by atoms with Crippen LogP contribution in [0.2, 0.25) is 5.28 Å². The zero-order valence-corrected chi connectivity index (χ0v) is 12.4. The van der Waals surface area contributed by atoms with Gasteiger partial charge >= 0.3 is 0 Å². The quantitative estimate of drug-likeness (QED) is 0.793. The third kappa shape index (κ3) is 3.59. The highest BCUT2D eigenvalue weighted by Gasteiger charge is 2.16. The number of anilines is 1. The molecule has 0 saturated heterocycles. The van der Waals surface area contributed by atoms with Gasteiger partial charge in [0.25, 0.3) is 0 Å². The molecule has 0 radical (unpaired) electrons. The normalized spacial score (nSPS) is 12.9. The maximum Gasteiger partial charge on any atom is 0.224 e. The summed E-state index contributed by atoms with van der Waals surface area (Å²) in [6, 6.07) is 0.419. The van der Waals surface area contributed by atoms with Crippen molar-refractivity contribution in [1.82, 2.24) is 9.97 Å². The van der Waals surface area contributed by atoms with E-state index < -0.39 is 0 Å². The van der Waals surface area contributed by atoms with Crippen LogP contribution in [0.25, 0.3) is 0 Å². The molecule has 3 nitrogen and oxygen atoms in total. The molecule has 0 aliphatic rings. The molecule has 0 bridgehead atoms. The van der Waals surface area contributed by atoms with Crippen LogP contribution in [0.1, 0.15) is 27.2 Å². The topological polar surface area (TPSA) is 29.0 Å². The van der Waals surface area contributed by atoms with Crippen molar-refractivity contribution in [3.05, 3.63) is 16.0 Å². The maximum atomic E-state index is 5.80. The van der Waals surface area contributed by atoms with Gasteiger partial charge in [0.15, 0.2) is 0 Å². The highest BCUT2D eigenvalue weighted by Crippen LogP contribution is 2.26. The standard InChI is InChI=1S/C11H17BrClN3/c1-7(2)5-8(3)16(4)10-9(12)6-14-11(13)15-10/h6-8H,5H2,1-4H3. The lowest BCUT2D eigenvalue weighted by atomic mass is 10.0. The van der Waals surface area contributed by atoms with Crippen molar-refractivity contribution in [1.29, 1.82) is 0 Å². The Hall–Kier alpha value is -0.350. The van der Waals surface area contributed by atoms with Gasteiger partial charge in [0, 0.05) is 19.3 Å². The van der Waals surface area contributed by atoms with E-state index in [1.165, 1.54) is 0 Å². The summed E-state index contributed by atoms with van der Waals surface area (Å²) in [4.78, 5) is 10.3. The van der Waals surface area contributed by atoms with Gasteiger partial charge in [-0.2, -0.15) is 4.98 Å². The monoisotopic (exact) mass is 305 g/mol. The minimum atomic E-state index is 0.279. The van der Waals surface area contributed by atoms with E-state index in [9.17, 15) is 0 Å². The molecule has 0 amide bonds. The molecular formula is C11H17BrClN3. The van der Waals surface area contributed by atoms with Gasteiger partial charge in [-0.3, -0.25) is 0 Å². The second-order valence-corrected chi connectivity index (χ2v) is 5.59. The Balaban J connectivity index is 2.86. The van der Waals surface area contributed by atoms with Crippen LogP contribution in [0.15, 0.2) is 10.7 Å². The molecule has 0 spiro atoms. The molecule has 0 fully saturated rings. The molecule has 0 aromatic carbocycles. The third-order valence-corrected chi connectivity index (χ3v) is 3.25. The molecule has 0 saturated carbocycles. The first kappa shape index (κ1) is 13.7. The lowest BCUT2D eigenvalue weighted by molar-refractivity contribution is 0.501. The summed E-state index contributed by atoms with van der Waals surface area (Å²) < 4.78 is 0.870. The Labute approximate surface area is 110 Å². The highest BCUT2D eigenvalue weighted by atomic mass is 79.9. The predicted molar refractivity (Wildman–Crippen MR) is 72.1 cm³/mol. The summed E-state index contributed by atoms with van der Waals surface area (Å²) in [5.41, 5.74) is 0. The van der Waals surface area contributed by atoms with Gasteiger partial charge in [0.05, 0.1) is 4.47 Å². The number of halogens is 2. The Kier molecular flexibility index (Phi) is 4.99. The van der Waals surface area contributed by atoms with Gasteiger partial charge in [-0.25, -0.2) is 4.98 Å². The predicted octanol–water partition coefficient (Wildman–Crippen LogP) is 3.76. The molecule has 90 valence electrons. The summed E-state index contributed by atoms with van der Waals surface area (Å²) in [6.07, 6.45) is 2.80. The minimum absolute atomic E-state index is 0.279. The molecule has 1 unspecified atom stereocenters. The van der Waals surface area contributed by atoms with Crippen LogP contribution in [-0.2, 0) is 0 Å². The van der Waals surface area contributed by atoms with Crippen molar-refractivity contribution < 1.29 is 0 Å². The average Bonchev–Trinajstić information content (AvgIpc) is 2.19. The molecule has 0 aliphatic carbocycles. The first-order valence-corrected chi connectivity index (χ1v) is 6.49. The van der Waals surface area contributed by atoms with E-state index in [4.69, 9.17) is 11.6 Å². The van der Waals surface area contributed by atoms with Crippen molar-refractivity contribution in [2.24, 2.45) is 5.92 Å². The number of rotatable bonds is 4. The molecule has 5 heteroatoms. The van der Waals surface area contributed by atoms with E-state index in [-0.39, 0.29) is 5.28 Å². The molecule has 1 aromatic rings. The highest BCUT2D eigenvalue weighted by molar-refractivity contribution is 9.10. The molecule has 1 aromatic heterocycles. The van der Waals surface area contributed by atoms with E-state index in [1.54, 1.807) is 6.20 Å². The first-order chi connectivity index (χ1) is 7.41. The van der Waals surface area contributed by atoms with Crippen molar-refractivity contribution in [2.75, 3.05) is 11.9 Å². The molecule has 1 rings (SSSR count). The maximum absolute atomic E-state index is 5.80. The summed E-state index contributed by atoms with van der Waals surface area (Å²) in [7, 11) is 2.02. The summed E-state index contributed by atoms with van der Waals surface area (Å²) in [5.74, 6) is 1.50. The number of nitrogens with zero attached hydrogens (tertiary/aromatic N) is 3. The molecule has 1 heterocycles. The molecule has 0 aliphatic heterocycles. The fourth-order valence-corrected chi connectivity index (χ4v) is 2.23. The molecule has 0 N–H and O–H groups in total. The van der Waals surface area contributed by atoms with Crippen molar-refractivity contribution in [3.8, 4) is 0 Å². The Morgan fingerprint density at radius 2 is 2.06 bits per heavy atom. The van der Waals surface area contributed by atoms with Gasteiger partial charge < -0.3 is 4.90 Å². The Morgan fingerprint density at radius 3 is 2.62 bits per heavy atom. The fraction of sp³-hybridized carbons (Fsp3) is 0.636. The van der Waals surface area contributed by atoms with E-state index in [0.717, 1.165) is 16.7 Å². The molecule has 1 atom stereocenters. The summed E-state index contributed by atoms with van der Waals surface area (Å²) in [6.45, 7) is 6.61. The van der Waals surface area contributed by atoms with E-state index >= 15 is 0 Å². The van der Waals surface area contributed by atoms with Crippen LogP contribution >= 0.6 is 27.5 Å². The van der Waals surface area contributed by atoms with Gasteiger partial charge in [0.1, 0.15) is 5.82 Å². The first-order valence-electron chi connectivity index (χ1n) is 5.32. The lowest BCUT2D eigenvalue weighted by Gasteiger charge is -2.27. The number of hydrogen-bond acceptors (Lipinski definition) is 3. The molecule has 16 heavy (non-hydrogen) atoms. The van der Waals surface area contributed by atoms with Gasteiger partial charge in [-0.1, -0.05) is 13.8 Å². The van der Waals surface area contributed by atoms with E-state index in [0.29, 0.717) is 12.0 Å². The van der Waals surface area contributed by atoms with Crippen molar-refractivity contribution in [3.63, 3.8) is 0 Å².